The highest BCUT2D eigenvalue weighted by Crippen LogP contribution is 2.31. The highest BCUT2D eigenvalue weighted by atomic mass is 79.9. The molecule has 0 atom stereocenters. The van der Waals surface area contributed by atoms with E-state index in [9.17, 15) is 0 Å². The summed E-state index contributed by atoms with van der Waals surface area (Å²) in [4.78, 5) is 2.10. The number of hydrogen-bond acceptors (Lipinski definition) is 3. The molecule has 2 aromatic rings. The predicted octanol–water partition coefficient (Wildman–Crippen LogP) is 4.35. The van der Waals surface area contributed by atoms with Crippen LogP contribution in [0.5, 0.6) is 0 Å². The first-order chi connectivity index (χ1) is 9.10. The van der Waals surface area contributed by atoms with Gasteiger partial charge in [-0.15, -0.1) is 0 Å². The van der Waals surface area contributed by atoms with Crippen LogP contribution in [0.1, 0.15) is 5.56 Å². The Morgan fingerprint density at radius 3 is 2.37 bits per heavy atom. The lowest BCUT2D eigenvalue weighted by Crippen LogP contribution is -2.13. The first-order valence-electron chi connectivity index (χ1n) is 5.31. The van der Waals surface area contributed by atoms with E-state index in [-0.39, 0.29) is 5.84 Å². The maximum absolute atomic E-state index is 8.64. The van der Waals surface area contributed by atoms with Crippen LogP contribution in [0.3, 0.4) is 0 Å². The smallest absolute Gasteiger partial charge is 0.171 e. The van der Waals surface area contributed by atoms with Crippen molar-refractivity contribution in [1.82, 2.24) is 0 Å². The molecule has 0 heterocycles. The molecule has 19 heavy (non-hydrogen) atoms. The third kappa shape index (κ3) is 3.65. The third-order valence-corrected chi connectivity index (χ3v) is 4.21. The Morgan fingerprint density at radius 2 is 1.79 bits per heavy atom. The maximum atomic E-state index is 8.64. The van der Waals surface area contributed by atoms with Crippen molar-refractivity contribution in [2.75, 3.05) is 0 Å². The Bertz CT molecular complexity index is 617. The van der Waals surface area contributed by atoms with Gasteiger partial charge in [-0.2, -0.15) is 0 Å². The Kier molecular flexibility index (Phi) is 4.74. The molecular formula is C13H10BrClN2OS. The van der Waals surface area contributed by atoms with Crippen LogP contribution in [-0.2, 0) is 0 Å². The van der Waals surface area contributed by atoms with Crippen LogP contribution >= 0.6 is 39.3 Å². The van der Waals surface area contributed by atoms with Crippen molar-refractivity contribution in [2.45, 2.75) is 9.79 Å². The van der Waals surface area contributed by atoms with Gasteiger partial charge in [-0.1, -0.05) is 44.4 Å². The van der Waals surface area contributed by atoms with Crippen molar-refractivity contribution in [2.24, 2.45) is 10.9 Å². The van der Waals surface area contributed by atoms with Crippen LogP contribution in [0.25, 0.3) is 0 Å². The Balaban J connectivity index is 2.23. The number of benzene rings is 2. The number of rotatable bonds is 3. The molecule has 3 nitrogen and oxygen atoms in total. The monoisotopic (exact) mass is 356 g/mol. The summed E-state index contributed by atoms with van der Waals surface area (Å²) < 4.78 is 1.04. The molecular weight excluding hydrogens is 348 g/mol. The minimum atomic E-state index is 0.00481. The van der Waals surface area contributed by atoms with Gasteiger partial charge in [0.2, 0.25) is 0 Å². The van der Waals surface area contributed by atoms with E-state index in [1.54, 1.807) is 23.9 Å². The molecule has 0 saturated carbocycles. The lowest BCUT2D eigenvalue weighted by molar-refractivity contribution is 0.318. The van der Waals surface area contributed by atoms with Crippen molar-refractivity contribution in [1.29, 1.82) is 0 Å². The maximum Gasteiger partial charge on any atom is 0.171 e. The molecule has 0 amide bonds. The van der Waals surface area contributed by atoms with Gasteiger partial charge in [0.05, 0.1) is 5.02 Å². The number of nitrogens with two attached hydrogens (primary N) is 1. The molecule has 0 aliphatic rings. The summed E-state index contributed by atoms with van der Waals surface area (Å²) in [6.07, 6.45) is 0. The second kappa shape index (κ2) is 6.32. The van der Waals surface area contributed by atoms with Crippen LogP contribution in [0.4, 0.5) is 0 Å². The molecule has 2 aromatic carbocycles. The van der Waals surface area contributed by atoms with Crippen molar-refractivity contribution in [3.8, 4) is 0 Å². The zero-order valence-electron chi connectivity index (χ0n) is 9.68. The molecule has 0 aliphatic carbocycles. The fourth-order valence-corrected chi connectivity index (χ4v) is 2.92. The number of hydrogen-bond donors (Lipinski definition) is 2. The van der Waals surface area contributed by atoms with E-state index in [1.165, 1.54) is 0 Å². The van der Waals surface area contributed by atoms with Gasteiger partial charge < -0.3 is 10.9 Å². The van der Waals surface area contributed by atoms with E-state index >= 15 is 0 Å². The largest absolute Gasteiger partial charge is 0.409 e. The summed E-state index contributed by atoms with van der Waals surface area (Å²) in [6, 6.07) is 13.4. The minimum absolute atomic E-state index is 0.00481. The molecule has 0 radical (unpaired) electrons. The highest BCUT2D eigenvalue weighted by Gasteiger charge is 2.07. The Morgan fingerprint density at radius 1 is 1.16 bits per heavy atom. The lowest BCUT2D eigenvalue weighted by Gasteiger charge is -2.06. The zero-order valence-corrected chi connectivity index (χ0v) is 12.8. The van der Waals surface area contributed by atoms with Crippen molar-refractivity contribution < 1.29 is 5.21 Å². The van der Waals surface area contributed by atoms with E-state index < -0.39 is 0 Å². The molecule has 0 saturated heterocycles. The standard InChI is InChI=1S/C13H10BrClN2OS/c14-8-1-3-9(4-2-8)19-10-5-6-11(12(15)7-10)13(16)17-18/h1-7,18H,(H2,16,17). The number of oxime groups is 1. The van der Waals surface area contributed by atoms with Gasteiger partial charge in [0, 0.05) is 19.8 Å². The molecule has 6 heteroatoms. The van der Waals surface area contributed by atoms with Crippen molar-refractivity contribution in [3.63, 3.8) is 0 Å². The molecule has 0 aromatic heterocycles. The van der Waals surface area contributed by atoms with E-state index in [0.29, 0.717) is 10.6 Å². The minimum Gasteiger partial charge on any atom is -0.409 e. The van der Waals surface area contributed by atoms with Gasteiger partial charge in [-0.25, -0.2) is 0 Å². The normalized spacial score (nSPS) is 11.6. The van der Waals surface area contributed by atoms with Gasteiger partial charge in [-0.05, 0) is 42.5 Å². The number of amidine groups is 1. The van der Waals surface area contributed by atoms with E-state index in [0.717, 1.165) is 14.3 Å². The second-order valence-electron chi connectivity index (χ2n) is 3.68. The SMILES string of the molecule is NC(=NO)c1ccc(Sc2ccc(Br)cc2)cc1Cl. The highest BCUT2D eigenvalue weighted by molar-refractivity contribution is 9.10. The summed E-state index contributed by atoms with van der Waals surface area (Å²) in [7, 11) is 0. The summed E-state index contributed by atoms with van der Waals surface area (Å²) in [6.45, 7) is 0. The molecule has 98 valence electrons. The average molecular weight is 358 g/mol. The van der Waals surface area contributed by atoms with Crippen LogP contribution in [0, 0.1) is 0 Å². The van der Waals surface area contributed by atoms with Crippen LogP contribution in [0.2, 0.25) is 5.02 Å². The van der Waals surface area contributed by atoms with Crippen molar-refractivity contribution in [3.05, 3.63) is 57.5 Å². The average Bonchev–Trinajstić information content (AvgIpc) is 2.41. The van der Waals surface area contributed by atoms with Crippen molar-refractivity contribution >= 4 is 45.1 Å². The molecule has 3 N–H and O–H groups in total. The Hall–Kier alpha value is -1.17. The molecule has 0 aliphatic heterocycles. The van der Waals surface area contributed by atoms with Gasteiger partial charge in [-0.3, -0.25) is 0 Å². The number of halogens is 2. The summed E-state index contributed by atoms with van der Waals surface area (Å²) in [5.74, 6) is 0.00481. The summed E-state index contributed by atoms with van der Waals surface area (Å²) in [5, 5.41) is 12.0. The zero-order chi connectivity index (χ0) is 13.8. The van der Waals surface area contributed by atoms with Crippen LogP contribution in [-0.4, -0.2) is 11.0 Å². The quantitative estimate of drug-likeness (QED) is 0.371. The summed E-state index contributed by atoms with van der Waals surface area (Å²) in [5.41, 5.74) is 6.04. The third-order valence-electron chi connectivity index (χ3n) is 2.37. The molecule has 0 unspecified atom stereocenters. The topological polar surface area (TPSA) is 58.6 Å². The molecule has 2 rings (SSSR count). The van der Waals surface area contributed by atoms with Gasteiger partial charge in [0.25, 0.3) is 0 Å². The number of nitrogens with zero attached hydrogens (tertiary/aromatic N) is 1. The fourth-order valence-electron chi connectivity index (χ4n) is 1.46. The molecule has 0 spiro atoms. The predicted molar refractivity (Wildman–Crippen MR) is 82.2 cm³/mol. The van der Waals surface area contributed by atoms with Gasteiger partial charge >= 0.3 is 0 Å². The van der Waals surface area contributed by atoms with E-state index in [2.05, 4.69) is 21.1 Å². The lowest BCUT2D eigenvalue weighted by atomic mass is 10.2. The van der Waals surface area contributed by atoms with E-state index in [1.807, 2.05) is 30.3 Å². The van der Waals surface area contributed by atoms with Crippen LogP contribution in [0.15, 0.2) is 61.9 Å². The molecule has 0 fully saturated rings. The van der Waals surface area contributed by atoms with E-state index in [4.69, 9.17) is 22.5 Å². The fraction of sp³-hybridized carbons (Fsp3) is 0. The first-order valence-corrected chi connectivity index (χ1v) is 7.30. The second-order valence-corrected chi connectivity index (χ2v) is 6.15. The first kappa shape index (κ1) is 14.2. The molecule has 0 bridgehead atoms. The van der Waals surface area contributed by atoms with Gasteiger partial charge in [0.1, 0.15) is 0 Å². The van der Waals surface area contributed by atoms with Gasteiger partial charge in [0.15, 0.2) is 5.84 Å². The summed E-state index contributed by atoms with van der Waals surface area (Å²) >= 11 is 11.1. The van der Waals surface area contributed by atoms with Crippen LogP contribution < -0.4 is 5.73 Å². The Labute approximate surface area is 128 Å².